The number of carbonyl (C=O) groups is 1. The molecule has 0 bridgehead atoms. The molecule has 1 amide bonds. The molecule has 1 heterocycles. The fraction of sp³-hybridized carbons (Fsp3) is 0.640. The molecule has 0 spiro atoms. The molecule has 1 saturated heterocycles. The third kappa shape index (κ3) is 5.15. The van der Waals surface area contributed by atoms with E-state index >= 15 is 0 Å². The Bertz CT molecular complexity index is 751. The van der Waals surface area contributed by atoms with Crippen LogP contribution in [0.3, 0.4) is 0 Å². The van der Waals surface area contributed by atoms with Crippen LogP contribution in [-0.4, -0.2) is 35.7 Å². The number of hydrogen-bond acceptors (Lipinski definition) is 3. The Hall–Kier alpha value is -1.97. The van der Waals surface area contributed by atoms with Crippen LogP contribution in [-0.2, 0) is 4.74 Å². The Kier molecular flexibility index (Phi) is 6.60. The zero-order chi connectivity index (χ0) is 21.2. The molecule has 0 radical (unpaired) electrons. The average Bonchev–Trinajstić information content (AvgIpc) is 2.66. The largest absolute Gasteiger partial charge is 0.444 e. The second-order valence-electron chi connectivity index (χ2n) is 9.78. The minimum absolute atomic E-state index is 0.167. The fourth-order valence-electron chi connectivity index (χ4n) is 4.91. The summed E-state index contributed by atoms with van der Waals surface area (Å²) in [4.78, 5) is 14.6. The van der Waals surface area contributed by atoms with Crippen molar-refractivity contribution >= 4 is 17.4 Å². The average molecular weight is 399 g/mol. The van der Waals surface area contributed by atoms with Crippen molar-refractivity contribution in [1.82, 2.24) is 4.90 Å². The molecule has 4 nitrogen and oxygen atoms in total. The molecule has 29 heavy (non-hydrogen) atoms. The van der Waals surface area contributed by atoms with E-state index in [0.717, 1.165) is 12.8 Å². The van der Waals surface area contributed by atoms with Gasteiger partial charge in [0.25, 0.3) is 0 Å². The minimum atomic E-state index is -0.459. The number of allylic oxidation sites excluding steroid dienone is 2. The van der Waals surface area contributed by atoms with E-state index in [1.165, 1.54) is 48.1 Å². The maximum Gasteiger partial charge on any atom is 0.410 e. The lowest BCUT2D eigenvalue weighted by Gasteiger charge is -2.43. The van der Waals surface area contributed by atoms with Gasteiger partial charge in [-0.2, -0.15) is 0 Å². The molecule has 4 heteroatoms. The summed E-state index contributed by atoms with van der Waals surface area (Å²) in [5.74, 6) is 0.465. The van der Waals surface area contributed by atoms with Crippen molar-refractivity contribution in [3.05, 3.63) is 35.4 Å². The van der Waals surface area contributed by atoms with Crippen LogP contribution in [0, 0.1) is 0 Å². The summed E-state index contributed by atoms with van der Waals surface area (Å²) in [6, 6.07) is 7.23. The predicted molar refractivity (Wildman–Crippen MR) is 121 cm³/mol. The van der Waals surface area contributed by atoms with Gasteiger partial charge in [0.15, 0.2) is 0 Å². The lowest BCUT2D eigenvalue weighted by molar-refractivity contribution is -0.00254. The van der Waals surface area contributed by atoms with E-state index in [2.05, 4.69) is 43.4 Å². The maximum atomic E-state index is 12.7. The van der Waals surface area contributed by atoms with Gasteiger partial charge in [0, 0.05) is 30.4 Å². The molecule has 1 N–H and O–H groups in total. The van der Waals surface area contributed by atoms with Gasteiger partial charge >= 0.3 is 6.09 Å². The number of rotatable bonds is 3. The summed E-state index contributed by atoms with van der Waals surface area (Å²) >= 11 is 0. The van der Waals surface area contributed by atoms with Gasteiger partial charge in [-0.1, -0.05) is 12.1 Å². The summed E-state index contributed by atoms with van der Waals surface area (Å²) in [5.41, 5.74) is 5.00. The van der Waals surface area contributed by atoms with E-state index in [9.17, 15) is 4.79 Å². The molecule has 2 unspecified atom stereocenters. The number of hydrogen-bond donors (Lipinski definition) is 1. The van der Waals surface area contributed by atoms with Crippen molar-refractivity contribution < 1.29 is 9.53 Å². The van der Waals surface area contributed by atoms with Crippen molar-refractivity contribution in [2.45, 2.75) is 96.7 Å². The summed E-state index contributed by atoms with van der Waals surface area (Å²) in [7, 11) is 2.01. The summed E-state index contributed by atoms with van der Waals surface area (Å²) in [6.45, 7) is 10.1. The van der Waals surface area contributed by atoms with Crippen molar-refractivity contribution in [3.8, 4) is 0 Å². The highest BCUT2D eigenvalue weighted by Crippen LogP contribution is 2.39. The van der Waals surface area contributed by atoms with Crippen LogP contribution in [0.4, 0.5) is 10.5 Å². The molecular formula is C25H38N2O2. The Morgan fingerprint density at radius 2 is 1.83 bits per heavy atom. The first kappa shape index (κ1) is 21.7. The molecule has 3 rings (SSSR count). The number of ether oxygens (including phenoxy) is 1. The standard InChI is InChI=1S/C25H38N2O2/c1-17-14-21(15-18(2)27(17)24(28)29-25(3,4)5)20-12-13-23(26-6)22(16-20)19-10-8-7-9-11-19/h10,12-13,16-18,21,26H,7-9,11,14-15H2,1-6H3. The van der Waals surface area contributed by atoms with Crippen LogP contribution in [0.25, 0.3) is 5.57 Å². The van der Waals surface area contributed by atoms with Crippen LogP contribution in [0.2, 0.25) is 0 Å². The van der Waals surface area contributed by atoms with Crippen molar-refractivity contribution in [1.29, 1.82) is 0 Å². The zero-order valence-electron chi connectivity index (χ0n) is 19.0. The molecule has 1 aromatic carbocycles. The minimum Gasteiger partial charge on any atom is -0.444 e. The summed E-state index contributed by atoms with van der Waals surface area (Å²) < 4.78 is 5.66. The third-order valence-electron chi connectivity index (χ3n) is 6.23. The Labute approximate surface area is 176 Å². The van der Waals surface area contributed by atoms with E-state index < -0.39 is 5.60 Å². The highest BCUT2D eigenvalue weighted by molar-refractivity contribution is 5.77. The lowest BCUT2D eigenvalue weighted by atomic mass is 9.81. The lowest BCUT2D eigenvalue weighted by Crippen LogP contribution is -2.51. The number of anilines is 1. The van der Waals surface area contributed by atoms with Crippen LogP contribution in [0.1, 0.15) is 90.2 Å². The molecular weight excluding hydrogens is 360 g/mol. The Balaban J connectivity index is 1.80. The Morgan fingerprint density at radius 3 is 2.38 bits per heavy atom. The molecule has 2 aliphatic rings. The van der Waals surface area contributed by atoms with Gasteiger partial charge in [0.2, 0.25) is 0 Å². The SMILES string of the molecule is CNc1ccc(C2CC(C)N(C(=O)OC(C)(C)C)C(C)C2)cc1C1=CCCCC1. The van der Waals surface area contributed by atoms with Gasteiger partial charge in [-0.3, -0.25) is 0 Å². The monoisotopic (exact) mass is 398 g/mol. The van der Waals surface area contributed by atoms with E-state index in [1.54, 1.807) is 0 Å². The molecule has 1 aliphatic heterocycles. The van der Waals surface area contributed by atoms with Crippen molar-refractivity contribution in [2.75, 3.05) is 12.4 Å². The van der Waals surface area contributed by atoms with Gasteiger partial charge in [-0.05, 0) is 102 Å². The fourth-order valence-corrected chi connectivity index (χ4v) is 4.91. The van der Waals surface area contributed by atoms with Crippen LogP contribution < -0.4 is 5.32 Å². The highest BCUT2D eigenvalue weighted by atomic mass is 16.6. The Morgan fingerprint density at radius 1 is 1.14 bits per heavy atom. The van der Waals surface area contributed by atoms with Gasteiger partial charge in [0.05, 0.1) is 0 Å². The van der Waals surface area contributed by atoms with Crippen LogP contribution >= 0.6 is 0 Å². The maximum absolute atomic E-state index is 12.7. The normalized spacial score (nSPS) is 25.4. The van der Waals surface area contributed by atoms with Gasteiger partial charge in [-0.15, -0.1) is 0 Å². The van der Waals surface area contributed by atoms with Crippen molar-refractivity contribution in [2.24, 2.45) is 0 Å². The predicted octanol–water partition coefficient (Wildman–Crippen LogP) is 6.58. The summed E-state index contributed by atoms with van der Waals surface area (Å²) in [5, 5.41) is 3.37. The summed E-state index contributed by atoms with van der Waals surface area (Å²) in [6.07, 6.45) is 9.11. The second kappa shape index (κ2) is 8.81. The van der Waals surface area contributed by atoms with E-state index in [4.69, 9.17) is 4.74 Å². The molecule has 2 atom stereocenters. The zero-order valence-corrected chi connectivity index (χ0v) is 19.0. The first-order valence-electron chi connectivity index (χ1n) is 11.2. The van der Waals surface area contributed by atoms with Crippen LogP contribution in [0.15, 0.2) is 24.3 Å². The van der Waals surface area contributed by atoms with Gasteiger partial charge < -0.3 is 15.0 Å². The second-order valence-corrected chi connectivity index (χ2v) is 9.78. The van der Waals surface area contributed by atoms with Crippen LogP contribution in [0.5, 0.6) is 0 Å². The number of carbonyl (C=O) groups excluding carboxylic acids is 1. The number of likely N-dealkylation sites (tertiary alicyclic amines) is 1. The van der Waals surface area contributed by atoms with Gasteiger partial charge in [-0.25, -0.2) is 4.79 Å². The number of benzene rings is 1. The highest BCUT2D eigenvalue weighted by Gasteiger charge is 2.37. The topological polar surface area (TPSA) is 41.6 Å². The third-order valence-corrected chi connectivity index (χ3v) is 6.23. The quantitative estimate of drug-likeness (QED) is 0.625. The van der Waals surface area contributed by atoms with Gasteiger partial charge in [0.1, 0.15) is 5.60 Å². The molecule has 160 valence electrons. The number of nitrogens with one attached hydrogen (secondary N) is 1. The number of nitrogens with zero attached hydrogens (tertiary/aromatic N) is 1. The number of piperidine rings is 1. The number of amides is 1. The van der Waals surface area contributed by atoms with E-state index in [1.807, 2.05) is 32.7 Å². The molecule has 1 fully saturated rings. The molecule has 1 aromatic rings. The first-order chi connectivity index (χ1) is 13.7. The smallest absolute Gasteiger partial charge is 0.410 e. The molecule has 1 aliphatic carbocycles. The van der Waals surface area contributed by atoms with Crippen molar-refractivity contribution in [3.63, 3.8) is 0 Å². The molecule has 0 aromatic heterocycles. The first-order valence-corrected chi connectivity index (χ1v) is 11.2. The van der Waals surface area contributed by atoms with E-state index in [0.29, 0.717) is 5.92 Å². The van der Waals surface area contributed by atoms with E-state index in [-0.39, 0.29) is 18.2 Å². The molecule has 0 saturated carbocycles.